The number of Topliss-reactive ketones (excluding diaryl/α,β-unsaturated/α-hetero) is 1. The Morgan fingerprint density at radius 2 is 1.62 bits per heavy atom. The number of carbonyl (C=O) groups excluding carboxylic acids is 6. The van der Waals surface area contributed by atoms with Crippen molar-refractivity contribution in [1.82, 2.24) is 36.1 Å². The third-order valence-electron chi connectivity index (χ3n) is 7.84. The van der Waals surface area contributed by atoms with Gasteiger partial charge in [-0.05, 0) is 37.0 Å². The summed E-state index contributed by atoms with van der Waals surface area (Å²) in [6.07, 6.45) is 6.16. The van der Waals surface area contributed by atoms with Gasteiger partial charge in [0.05, 0.1) is 6.20 Å². The summed E-state index contributed by atoms with van der Waals surface area (Å²) < 4.78 is 0. The number of nitrogens with zero attached hydrogens (tertiary/aromatic N) is 3. The quantitative estimate of drug-likeness (QED) is 0.154. The van der Waals surface area contributed by atoms with Crippen molar-refractivity contribution >= 4 is 35.3 Å². The number of nitrogens with one attached hydrogen (secondary N) is 4. The average molecular weight is 631 g/mol. The second-order valence-corrected chi connectivity index (χ2v) is 12.2. The molecule has 250 valence electrons. The summed E-state index contributed by atoms with van der Waals surface area (Å²) in [4.78, 5) is 87.4. The van der Waals surface area contributed by atoms with E-state index in [1.807, 2.05) is 27.7 Å². The molecular weight excluding hydrogens is 580 g/mol. The second kappa shape index (κ2) is 16.9. The Balaban J connectivity index is 0.00000345. The Morgan fingerprint density at radius 3 is 2.16 bits per heavy atom. The fourth-order valence-corrected chi connectivity index (χ4v) is 5.08. The van der Waals surface area contributed by atoms with Gasteiger partial charge in [0.15, 0.2) is 0 Å². The normalized spacial score (nSPS) is 18.1. The molecule has 6 N–H and O–H groups in total. The summed E-state index contributed by atoms with van der Waals surface area (Å²) in [5.41, 5.74) is 5.11. The summed E-state index contributed by atoms with van der Waals surface area (Å²) in [7, 11) is 0. The van der Waals surface area contributed by atoms with Crippen molar-refractivity contribution in [3.8, 4) is 0 Å². The minimum atomic E-state index is -1.55. The Kier molecular flexibility index (Phi) is 14.0. The largest absolute Gasteiger partial charge is 0.347 e. The molecule has 3 rings (SSSR count). The predicted octanol–water partition coefficient (Wildman–Crippen LogP) is 0.808. The van der Waals surface area contributed by atoms with Crippen molar-refractivity contribution < 1.29 is 28.8 Å². The first-order valence-electron chi connectivity index (χ1n) is 15.9. The number of carbonyl (C=O) groups is 6. The van der Waals surface area contributed by atoms with Gasteiger partial charge in [-0.25, -0.2) is 4.98 Å². The molecule has 2 heterocycles. The zero-order valence-electron chi connectivity index (χ0n) is 27.5. The van der Waals surface area contributed by atoms with E-state index >= 15 is 0 Å². The van der Waals surface area contributed by atoms with E-state index < -0.39 is 65.0 Å². The second-order valence-electron chi connectivity index (χ2n) is 12.2. The fraction of sp³-hybridized carbons (Fsp3) is 0.677. The molecule has 1 aromatic heterocycles. The molecule has 2 fully saturated rings. The molecule has 5 amide bonds. The summed E-state index contributed by atoms with van der Waals surface area (Å²) in [5, 5.41) is 10.5. The van der Waals surface area contributed by atoms with E-state index in [1.54, 1.807) is 20.8 Å². The standard InChI is InChI=1S/C29H44N8O6.C2H6/c1-6-16(7-2)20(34-24(39)18-15-31-12-13-32-18)26(41)35-22(29(3,4)5)28(43)37-14-8-9-19(37)25(40)36-23(30)21(38)27(42)33-17-10-11-17;1-2/h12-13,15-17,19-20,22-23H,6-11,14,30H2,1-5H3,(H,33,42)(H,34,39)(H,35,41)(H,36,40);1-2H3/t19?,20-,22?,23+;/m0./s1. The summed E-state index contributed by atoms with van der Waals surface area (Å²) in [5.74, 6) is -4.28. The van der Waals surface area contributed by atoms with Gasteiger partial charge in [-0.3, -0.25) is 33.8 Å². The zero-order valence-corrected chi connectivity index (χ0v) is 27.5. The molecule has 0 aromatic carbocycles. The highest BCUT2D eigenvalue weighted by Crippen LogP contribution is 2.27. The molecule has 1 aromatic rings. The summed E-state index contributed by atoms with van der Waals surface area (Å²) in [6, 6.07) is -2.98. The predicted molar refractivity (Wildman–Crippen MR) is 167 cm³/mol. The first kappa shape index (κ1) is 37.2. The van der Waals surface area contributed by atoms with Crippen molar-refractivity contribution in [3.05, 3.63) is 24.3 Å². The number of nitrogens with two attached hydrogens (primary N) is 1. The molecule has 0 radical (unpaired) electrons. The highest BCUT2D eigenvalue weighted by molar-refractivity contribution is 6.38. The maximum absolute atomic E-state index is 13.9. The molecule has 1 aliphatic heterocycles. The maximum Gasteiger partial charge on any atom is 0.291 e. The van der Waals surface area contributed by atoms with Crippen molar-refractivity contribution in [2.45, 2.75) is 117 Å². The molecule has 1 saturated carbocycles. The van der Waals surface area contributed by atoms with Crippen LogP contribution in [0.5, 0.6) is 0 Å². The number of likely N-dealkylation sites (tertiary alicyclic amines) is 1. The van der Waals surface area contributed by atoms with E-state index in [0.717, 1.165) is 12.8 Å². The van der Waals surface area contributed by atoms with Gasteiger partial charge in [0.2, 0.25) is 17.7 Å². The van der Waals surface area contributed by atoms with Crippen LogP contribution in [0.3, 0.4) is 0 Å². The number of ketones is 1. The Morgan fingerprint density at radius 1 is 0.978 bits per heavy atom. The van der Waals surface area contributed by atoms with Crippen molar-refractivity contribution in [2.24, 2.45) is 17.1 Å². The number of hydrogen-bond donors (Lipinski definition) is 5. The van der Waals surface area contributed by atoms with Crippen LogP contribution in [-0.4, -0.2) is 87.1 Å². The van der Waals surface area contributed by atoms with Crippen LogP contribution in [-0.2, 0) is 24.0 Å². The van der Waals surface area contributed by atoms with E-state index in [2.05, 4.69) is 31.2 Å². The van der Waals surface area contributed by atoms with E-state index in [4.69, 9.17) is 5.73 Å². The van der Waals surface area contributed by atoms with Crippen LogP contribution in [0, 0.1) is 11.3 Å². The van der Waals surface area contributed by atoms with Crippen molar-refractivity contribution in [1.29, 1.82) is 0 Å². The van der Waals surface area contributed by atoms with Gasteiger partial charge < -0.3 is 31.9 Å². The molecule has 4 atom stereocenters. The monoisotopic (exact) mass is 630 g/mol. The van der Waals surface area contributed by atoms with Gasteiger partial charge in [-0.2, -0.15) is 0 Å². The minimum Gasteiger partial charge on any atom is -0.347 e. The minimum absolute atomic E-state index is 0.0447. The molecule has 1 saturated heterocycles. The van der Waals surface area contributed by atoms with Gasteiger partial charge in [0.1, 0.15) is 30.0 Å². The van der Waals surface area contributed by atoms with Gasteiger partial charge in [-0.1, -0.05) is 61.3 Å². The van der Waals surface area contributed by atoms with Crippen LogP contribution in [0.25, 0.3) is 0 Å². The third kappa shape index (κ3) is 10.3. The molecule has 45 heavy (non-hydrogen) atoms. The van der Waals surface area contributed by atoms with Crippen LogP contribution in [0.1, 0.15) is 97.5 Å². The number of aromatic nitrogens is 2. The molecule has 1 aliphatic carbocycles. The fourth-order valence-electron chi connectivity index (χ4n) is 5.08. The maximum atomic E-state index is 13.9. The van der Waals surface area contributed by atoms with Gasteiger partial charge in [0.25, 0.3) is 17.6 Å². The number of rotatable bonds is 13. The molecule has 2 aliphatic rings. The van der Waals surface area contributed by atoms with Gasteiger partial charge >= 0.3 is 0 Å². The van der Waals surface area contributed by atoms with E-state index in [1.165, 1.54) is 23.5 Å². The van der Waals surface area contributed by atoms with E-state index in [9.17, 15) is 28.8 Å². The molecule has 14 nitrogen and oxygen atoms in total. The van der Waals surface area contributed by atoms with E-state index in [-0.39, 0.29) is 24.2 Å². The van der Waals surface area contributed by atoms with Crippen LogP contribution in [0.2, 0.25) is 0 Å². The topological polar surface area (TPSA) is 206 Å². The van der Waals surface area contributed by atoms with Crippen molar-refractivity contribution in [3.63, 3.8) is 0 Å². The molecular formula is C31H50N8O6. The number of amides is 5. The molecule has 0 spiro atoms. The van der Waals surface area contributed by atoms with Gasteiger partial charge in [-0.15, -0.1) is 0 Å². The van der Waals surface area contributed by atoms with Crippen LogP contribution in [0.4, 0.5) is 0 Å². The lowest BCUT2D eigenvalue weighted by molar-refractivity contribution is -0.145. The highest BCUT2D eigenvalue weighted by atomic mass is 16.2. The highest BCUT2D eigenvalue weighted by Gasteiger charge is 2.44. The lowest BCUT2D eigenvalue weighted by Crippen LogP contribution is -2.62. The lowest BCUT2D eigenvalue weighted by Gasteiger charge is -2.37. The van der Waals surface area contributed by atoms with Gasteiger partial charge in [0, 0.05) is 25.0 Å². The average Bonchev–Trinajstić information content (AvgIpc) is 3.69. The summed E-state index contributed by atoms with van der Waals surface area (Å²) >= 11 is 0. The first-order valence-corrected chi connectivity index (χ1v) is 15.9. The zero-order chi connectivity index (χ0) is 33.9. The Bertz CT molecular complexity index is 1200. The van der Waals surface area contributed by atoms with Crippen molar-refractivity contribution in [2.75, 3.05) is 6.54 Å². The number of hydrogen-bond acceptors (Lipinski definition) is 9. The Labute approximate surface area is 265 Å². The summed E-state index contributed by atoms with van der Waals surface area (Å²) in [6.45, 7) is 13.4. The smallest absolute Gasteiger partial charge is 0.291 e. The Hall–Kier alpha value is -3.94. The molecule has 14 heteroatoms. The van der Waals surface area contributed by atoms with E-state index in [0.29, 0.717) is 25.7 Å². The molecule has 0 bridgehead atoms. The van der Waals surface area contributed by atoms with Crippen LogP contribution in [0.15, 0.2) is 18.6 Å². The lowest BCUT2D eigenvalue weighted by atomic mass is 9.84. The molecule has 2 unspecified atom stereocenters. The van der Waals surface area contributed by atoms with Crippen LogP contribution < -0.4 is 27.0 Å². The SMILES string of the molecule is CC.CCC(CC)[C@H](NC(=O)c1cnccn1)C(=O)NC(C(=O)N1CCCC1C(=O)N[C@@H](N)C(=O)C(=O)NC1CC1)C(C)(C)C. The van der Waals surface area contributed by atoms with Crippen LogP contribution >= 0.6 is 0 Å². The third-order valence-corrected chi connectivity index (χ3v) is 7.84. The first-order chi connectivity index (χ1) is 21.3.